The van der Waals surface area contributed by atoms with Gasteiger partial charge in [0.05, 0.1) is 28.3 Å². The van der Waals surface area contributed by atoms with Gasteiger partial charge in [-0.3, -0.25) is 0 Å². The Bertz CT molecular complexity index is 3100. The molecule has 0 radical (unpaired) electrons. The lowest BCUT2D eigenvalue weighted by Gasteiger charge is -2.10. The van der Waals surface area contributed by atoms with Gasteiger partial charge >= 0.3 is 0 Å². The lowest BCUT2D eigenvalue weighted by Crippen LogP contribution is -1.90. The molecule has 2 aliphatic heterocycles. The number of benzene rings is 5. The van der Waals surface area contributed by atoms with Crippen molar-refractivity contribution < 1.29 is 0 Å². The normalized spacial score (nSPS) is 12.7. The van der Waals surface area contributed by atoms with Crippen molar-refractivity contribution >= 4 is 44.4 Å². The number of aromatic nitrogens is 4. The van der Waals surface area contributed by atoms with E-state index < -0.39 is 0 Å². The van der Waals surface area contributed by atoms with Crippen LogP contribution in [-0.2, 0) is 0 Å². The van der Waals surface area contributed by atoms with Crippen LogP contribution in [0.2, 0.25) is 0 Å². The highest BCUT2D eigenvalue weighted by Gasteiger charge is 2.26. The van der Waals surface area contributed by atoms with Gasteiger partial charge in [-0.05, 0) is 96.0 Å². The molecule has 10 rings (SSSR count). The molecule has 2 aliphatic rings. The fourth-order valence-corrected chi connectivity index (χ4v) is 8.63. The van der Waals surface area contributed by atoms with E-state index in [1.807, 2.05) is 0 Å². The monoisotopic (exact) mass is 746 g/mol. The molecule has 5 heterocycles. The molecule has 4 nitrogen and oxygen atoms in total. The van der Waals surface area contributed by atoms with Crippen LogP contribution in [-0.4, -0.2) is 19.9 Å². The quantitative estimate of drug-likeness (QED) is 0.184. The first-order valence-corrected chi connectivity index (χ1v) is 19.9. The van der Waals surface area contributed by atoms with Crippen molar-refractivity contribution in [2.75, 3.05) is 0 Å². The maximum atomic E-state index is 5.60. The zero-order valence-corrected chi connectivity index (χ0v) is 33.1. The summed E-state index contributed by atoms with van der Waals surface area (Å²) in [4.78, 5) is 19.0. The fraction of sp³-hybridized carbons (Fsp3) is 0.0741. The molecule has 4 heteroatoms. The predicted octanol–water partition coefficient (Wildman–Crippen LogP) is 13.9. The Labute approximate surface area is 339 Å². The predicted molar refractivity (Wildman–Crippen MR) is 243 cm³/mol. The molecule has 0 atom stereocenters. The van der Waals surface area contributed by atoms with Gasteiger partial charge in [0, 0.05) is 44.4 Å². The van der Waals surface area contributed by atoms with Crippen molar-refractivity contribution in [2.24, 2.45) is 0 Å². The smallest absolute Gasteiger partial charge is 0.0768 e. The lowest BCUT2D eigenvalue weighted by molar-refractivity contribution is 1.29. The molecule has 278 valence electrons. The molecule has 0 fully saturated rings. The summed E-state index contributed by atoms with van der Waals surface area (Å²) in [5.74, 6) is 0. The van der Waals surface area contributed by atoms with Crippen molar-refractivity contribution in [3.63, 3.8) is 0 Å². The number of nitrogens with one attached hydrogen (secondary N) is 2. The third kappa shape index (κ3) is 5.93. The van der Waals surface area contributed by atoms with Gasteiger partial charge in [-0.15, -0.1) is 0 Å². The first-order valence-electron chi connectivity index (χ1n) is 19.9. The highest BCUT2D eigenvalue weighted by molar-refractivity contribution is 6.09. The maximum absolute atomic E-state index is 5.60. The fourth-order valence-electron chi connectivity index (χ4n) is 8.63. The molecule has 0 saturated carbocycles. The molecule has 3 aromatic heterocycles. The van der Waals surface area contributed by atoms with Crippen LogP contribution < -0.4 is 0 Å². The molecule has 5 aromatic carbocycles. The summed E-state index contributed by atoms with van der Waals surface area (Å²) >= 11 is 0. The third-order valence-corrected chi connectivity index (χ3v) is 11.8. The Morgan fingerprint density at radius 1 is 0.345 bits per heavy atom. The molecule has 8 aromatic rings. The summed E-state index contributed by atoms with van der Waals surface area (Å²) in [5, 5.41) is 0. The maximum Gasteiger partial charge on any atom is 0.0768 e. The van der Waals surface area contributed by atoms with Crippen LogP contribution in [0.1, 0.15) is 58.9 Å². The van der Waals surface area contributed by atoms with E-state index in [1.165, 1.54) is 11.1 Å². The largest absolute Gasteiger partial charge is 0.354 e. The van der Waals surface area contributed by atoms with Crippen molar-refractivity contribution in [1.29, 1.82) is 0 Å². The van der Waals surface area contributed by atoms with E-state index in [1.54, 1.807) is 0 Å². The SMILES string of the molecule is CC1=C(C)c2nc1cc1[nH]c(cc3nc(cc4[nH]c(c(C)c4C)c2-c2ccccc2)C(c2ccccc2)=C3c2ccccc2)c(-c2ccccc2)c1-c1ccccc1. The number of aromatic amines is 2. The summed E-state index contributed by atoms with van der Waals surface area (Å²) in [7, 11) is 0. The van der Waals surface area contributed by atoms with Gasteiger partial charge < -0.3 is 9.97 Å². The second-order valence-electron chi connectivity index (χ2n) is 15.2. The van der Waals surface area contributed by atoms with Gasteiger partial charge in [0.2, 0.25) is 0 Å². The van der Waals surface area contributed by atoms with Crippen LogP contribution in [0.25, 0.3) is 77.7 Å². The first-order chi connectivity index (χ1) is 28.4. The standard InChI is InChI=1S/C54H42N4/c1-33-35(3)53-52(41-28-18-9-19-29-41)54-36(4)34(2)43(58-54)31-45-49(38-22-12-6-13-23-38)51(40-26-16-8-17-27-40)47(56-45)32-46-50(39-24-14-7-15-25-39)48(37-20-10-5-11-21-37)44(55-46)30-42(33)57-53/h5-32,55,58H,1-4H3. The number of rotatable bonds is 5. The number of hydrogen-bond acceptors (Lipinski definition) is 2. The van der Waals surface area contributed by atoms with Gasteiger partial charge in [0.25, 0.3) is 0 Å². The molecule has 2 N–H and O–H groups in total. The topological polar surface area (TPSA) is 57.4 Å². The van der Waals surface area contributed by atoms with Crippen molar-refractivity contribution in [3.8, 4) is 33.4 Å². The molecule has 0 unspecified atom stereocenters. The minimum Gasteiger partial charge on any atom is -0.354 e. The zero-order chi connectivity index (χ0) is 39.3. The van der Waals surface area contributed by atoms with E-state index in [0.29, 0.717) is 0 Å². The first kappa shape index (κ1) is 35.1. The Kier molecular flexibility index (Phi) is 8.68. The number of H-pyrrole nitrogens is 2. The summed E-state index contributed by atoms with van der Waals surface area (Å²) in [5.41, 5.74) is 23.6. The van der Waals surface area contributed by atoms with Crippen molar-refractivity contribution in [3.05, 3.63) is 215 Å². The summed E-state index contributed by atoms with van der Waals surface area (Å²) in [6.07, 6.45) is 0. The second-order valence-corrected chi connectivity index (χ2v) is 15.2. The van der Waals surface area contributed by atoms with Crippen LogP contribution in [0.4, 0.5) is 0 Å². The average Bonchev–Trinajstić information content (AvgIpc) is 3.97. The summed E-state index contributed by atoms with van der Waals surface area (Å²) in [6.45, 7) is 8.83. The Balaban J connectivity index is 1.46. The summed E-state index contributed by atoms with van der Waals surface area (Å²) in [6, 6.07) is 60.2. The molecule has 58 heavy (non-hydrogen) atoms. The van der Waals surface area contributed by atoms with Crippen molar-refractivity contribution in [2.45, 2.75) is 27.7 Å². The Morgan fingerprint density at radius 3 is 1.21 bits per heavy atom. The number of allylic oxidation sites excluding steroid dienone is 2. The van der Waals surface area contributed by atoms with Crippen LogP contribution in [0.3, 0.4) is 0 Å². The van der Waals surface area contributed by atoms with Crippen LogP contribution in [0, 0.1) is 13.8 Å². The lowest BCUT2D eigenvalue weighted by atomic mass is 9.92. The number of fused-ring (bicyclic) bond motifs is 8. The second kappa shape index (κ2) is 14.3. The van der Waals surface area contributed by atoms with Crippen LogP contribution in [0.15, 0.2) is 170 Å². The minimum atomic E-state index is 0.895. The van der Waals surface area contributed by atoms with E-state index in [-0.39, 0.29) is 0 Å². The molecular weight excluding hydrogens is 705 g/mol. The Morgan fingerprint density at radius 2 is 0.741 bits per heavy atom. The number of nitrogens with zero attached hydrogens (tertiary/aromatic N) is 2. The zero-order valence-electron chi connectivity index (χ0n) is 33.1. The van der Waals surface area contributed by atoms with Crippen LogP contribution in [0.5, 0.6) is 0 Å². The Hall–Kier alpha value is -7.30. The van der Waals surface area contributed by atoms with E-state index in [0.717, 1.165) is 112 Å². The highest BCUT2D eigenvalue weighted by Crippen LogP contribution is 2.45. The molecule has 0 amide bonds. The van der Waals surface area contributed by atoms with Crippen LogP contribution >= 0.6 is 0 Å². The molecular formula is C54H42N4. The van der Waals surface area contributed by atoms with Gasteiger partial charge in [-0.1, -0.05) is 152 Å². The molecule has 0 spiro atoms. The van der Waals surface area contributed by atoms with E-state index in [2.05, 4.69) is 208 Å². The molecule has 0 saturated heterocycles. The third-order valence-electron chi connectivity index (χ3n) is 11.8. The highest BCUT2D eigenvalue weighted by atomic mass is 14.8. The van der Waals surface area contributed by atoms with Gasteiger partial charge in [-0.2, -0.15) is 0 Å². The van der Waals surface area contributed by atoms with Gasteiger partial charge in [-0.25, -0.2) is 9.97 Å². The van der Waals surface area contributed by atoms with E-state index in [4.69, 9.17) is 9.97 Å². The summed E-state index contributed by atoms with van der Waals surface area (Å²) < 4.78 is 0. The average molecular weight is 747 g/mol. The van der Waals surface area contributed by atoms with Gasteiger partial charge in [0.15, 0.2) is 0 Å². The molecule has 8 bridgehead atoms. The minimum absolute atomic E-state index is 0.895. The van der Waals surface area contributed by atoms with E-state index in [9.17, 15) is 0 Å². The number of aryl methyl sites for hydroxylation is 2. The molecule has 0 aliphatic carbocycles. The van der Waals surface area contributed by atoms with Crippen molar-refractivity contribution in [1.82, 2.24) is 19.9 Å². The van der Waals surface area contributed by atoms with E-state index >= 15 is 0 Å². The number of hydrogen-bond donors (Lipinski definition) is 2. The van der Waals surface area contributed by atoms with Gasteiger partial charge in [0.1, 0.15) is 0 Å².